The van der Waals surface area contributed by atoms with Crippen LogP contribution in [-0.2, 0) is 0 Å². The van der Waals surface area contributed by atoms with Crippen molar-refractivity contribution in [2.75, 3.05) is 32.0 Å². The molecule has 0 aliphatic carbocycles. The van der Waals surface area contributed by atoms with Gasteiger partial charge in [-0.15, -0.1) is 0 Å². The third-order valence-electron chi connectivity index (χ3n) is 3.75. The third kappa shape index (κ3) is 3.67. The maximum Gasteiger partial charge on any atom is 0.269 e. The van der Waals surface area contributed by atoms with Crippen molar-refractivity contribution >= 4 is 11.6 Å². The SMILES string of the molecule is CNC(=O)c1cc(NCC2(C)CCNCC2)ccn1. The lowest BCUT2D eigenvalue weighted by Crippen LogP contribution is -2.39. The van der Waals surface area contributed by atoms with Crippen LogP contribution in [0.1, 0.15) is 30.3 Å². The van der Waals surface area contributed by atoms with Gasteiger partial charge in [-0.25, -0.2) is 0 Å². The minimum Gasteiger partial charge on any atom is -0.384 e. The zero-order valence-electron chi connectivity index (χ0n) is 11.6. The molecule has 5 nitrogen and oxygen atoms in total. The molecule has 0 bridgehead atoms. The molecule has 1 fully saturated rings. The number of rotatable bonds is 4. The smallest absolute Gasteiger partial charge is 0.269 e. The number of hydrogen-bond donors (Lipinski definition) is 3. The predicted molar refractivity (Wildman–Crippen MR) is 76.3 cm³/mol. The molecule has 3 N–H and O–H groups in total. The van der Waals surface area contributed by atoms with Crippen LogP contribution in [0.15, 0.2) is 18.3 Å². The molecule has 5 heteroatoms. The van der Waals surface area contributed by atoms with E-state index in [0.717, 1.165) is 25.3 Å². The van der Waals surface area contributed by atoms with Gasteiger partial charge in [-0.3, -0.25) is 9.78 Å². The van der Waals surface area contributed by atoms with Gasteiger partial charge in [0.05, 0.1) is 0 Å². The number of hydrogen-bond acceptors (Lipinski definition) is 4. The molecule has 1 saturated heterocycles. The fraction of sp³-hybridized carbons (Fsp3) is 0.571. The molecule has 0 atom stereocenters. The van der Waals surface area contributed by atoms with Gasteiger partial charge in [0.15, 0.2) is 0 Å². The molecule has 1 aromatic rings. The lowest BCUT2D eigenvalue weighted by atomic mass is 9.81. The Morgan fingerprint density at radius 1 is 1.47 bits per heavy atom. The van der Waals surface area contributed by atoms with Crippen LogP contribution in [0.5, 0.6) is 0 Å². The van der Waals surface area contributed by atoms with Crippen molar-refractivity contribution in [2.45, 2.75) is 19.8 Å². The molecule has 0 radical (unpaired) electrons. The zero-order valence-corrected chi connectivity index (χ0v) is 11.6. The molecule has 1 amide bonds. The highest BCUT2D eigenvalue weighted by Gasteiger charge is 2.26. The van der Waals surface area contributed by atoms with E-state index in [0.29, 0.717) is 11.1 Å². The molecule has 2 rings (SSSR count). The van der Waals surface area contributed by atoms with Crippen molar-refractivity contribution < 1.29 is 4.79 Å². The zero-order chi connectivity index (χ0) is 13.7. The van der Waals surface area contributed by atoms with Crippen molar-refractivity contribution in [3.8, 4) is 0 Å². The standard InChI is InChI=1S/C14H22N4O/c1-14(4-7-16-8-5-14)10-18-11-3-6-17-12(9-11)13(19)15-2/h3,6,9,16H,4-5,7-8,10H2,1-2H3,(H,15,19)(H,17,18). The molecule has 1 aliphatic heterocycles. The number of pyridine rings is 1. The minimum atomic E-state index is -0.156. The van der Waals surface area contributed by atoms with Crippen molar-refractivity contribution in [1.82, 2.24) is 15.6 Å². The van der Waals surface area contributed by atoms with E-state index in [4.69, 9.17) is 0 Å². The van der Waals surface area contributed by atoms with E-state index < -0.39 is 0 Å². The summed E-state index contributed by atoms with van der Waals surface area (Å²) in [4.78, 5) is 15.6. The maximum absolute atomic E-state index is 11.5. The maximum atomic E-state index is 11.5. The van der Waals surface area contributed by atoms with Crippen LogP contribution in [-0.4, -0.2) is 37.6 Å². The molecule has 2 heterocycles. The largest absolute Gasteiger partial charge is 0.384 e. The average Bonchev–Trinajstić information content (AvgIpc) is 2.45. The van der Waals surface area contributed by atoms with Crippen molar-refractivity contribution in [2.24, 2.45) is 5.41 Å². The van der Waals surface area contributed by atoms with E-state index in [9.17, 15) is 4.79 Å². The quantitative estimate of drug-likeness (QED) is 0.764. The summed E-state index contributed by atoms with van der Waals surface area (Å²) in [6, 6.07) is 3.69. The second-order valence-corrected chi connectivity index (χ2v) is 5.42. The van der Waals surface area contributed by atoms with Crippen molar-refractivity contribution in [3.05, 3.63) is 24.0 Å². The lowest BCUT2D eigenvalue weighted by molar-refractivity contribution is 0.0958. The first-order valence-electron chi connectivity index (χ1n) is 6.76. The van der Waals surface area contributed by atoms with E-state index in [-0.39, 0.29) is 5.91 Å². The molecular formula is C14H22N4O. The van der Waals surface area contributed by atoms with Gasteiger partial charge < -0.3 is 16.0 Å². The first-order chi connectivity index (χ1) is 9.13. The Bertz CT molecular complexity index is 441. The predicted octanol–water partition coefficient (Wildman–Crippen LogP) is 1.24. The summed E-state index contributed by atoms with van der Waals surface area (Å²) >= 11 is 0. The Kier molecular flexibility index (Phi) is 4.37. The third-order valence-corrected chi connectivity index (χ3v) is 3.75. The van der Waals surface area contributed by atoms with Crippen LogP contribution in [0, 0.1) is 5.41 Å². The van der Waals surface area contributed by atoms with E-state index in [1.807, 2.05) is 6.07 Å². The van der Waals surface area contributed by atoms with E-state index in [1.165, 1.54) is 12.8 Å². The molecule has 1 aromatic heterocycles. The Morgan fingerprint density at radius 2 is 2.21 bits per heavy atom. The van der Waals surface area contributed by atoms with Gasteiger partial charge in [0.25, 0.3) is 5.91 Å². The van der Waals surface area contributed by atoms with E-state index >= 15 is 0 Å². The number of nitrogens with one attached hydrogen (secondary N) is 3. The summed E-state index contributed by atoms with van der Waals surface area (Å²) in [7, 11) is 1.61. The summed E-state index contributed by atoms with van der Waals surface area (Å²) < 4.78 is 0. The number of piperidine rings is 1. The first-order valence-corrected chi connectivity index (χ1v) is 6.76. The number of carbonyl (C=O) groups is 1. The number of anilines is 1. The van der Waals surface area contributed by atoms with Gasteiger partial charge in [-0.05, 0) is 43.5 Å². The fourth-order valence-corrected chi connectivity index (χ4v) is 2.32. The molecule has 104 valence electrons. The van der Waals surface area contributed by atoms with E-state index in [1.54, 1.807) is 19.3 Å². The molecule has 0 spiro atoms. The number of amides is 1. The average molecular weight is 262 g/mol. The van der Waals surface area contributed by atoms with Crippen LogP contribution in [0.25, 0.3) is 0 Å². The van der Waals surface area contributed by atoms with Crippen molar-refractivity contribution in [3.63, 3.8) is 0 Å². The number of nitrogens with zero attached hydrogens (tertiary/aromatic N) is 1. The highest BCUT2D eigenvalue weighted by atomic mass is 16.1. The van der Waals surface area contributed by atoms with Crippen LogP contribution in [0.2, 0.25) is 0 Å². The van der Waals surface area contributed by atoms with Gasteiger partial charge in [0, 0.05) is 25.5 Å². The summed E-state index contributed by atoms with van der Waals surface area (Å²) in [6.45, 7) is 5.39. The van der Waals surface area contributed by atoms with Gasteiger partial charge in [-0.1, -0.05) is 6.92 Å². The molecule has 1 aliphatic rings. The molecule has 0 saturated carbocycles. The number of aromatic nitrogens is 1. The second kappa shape index (κ2) is 6.02. The second-order valence-electron chi connectivity index (χ2n) is 5.42. The van der Waals surface area contributed by atoms with Crippen LogP contribution < -0.4 is 16.0 Å². The molecule has 19 heavy (non-hydrogen) atoms. The summed E-state index contributed by atoms with van der Waals surface area (Å²) in [6.07, 6.45) is 4.01. The molecule has 0 aromatic carbocycles. The number of carbonyl (C=O) groups excluding carboxylic acids is 1. The van der Waals surface area contributed by atoms with Crippen LogP contribution in [0.3, 0.4) is 0 Å². The van der Waals surface area contributed by atoms with Gasteiger partial charge in [0.1, 0.15) is 5.69 Å². The summed E-state index contributed by atoms with van der Waals surface area (Å²) in [5, 5.41) is 9.39. The fourth-order valence-electron chi connectivity index (χ4n) is 2.32. The summed E-state index contributed by atoms with van der Waals surface area (Å²) in [5.74, 6) is -0.156. The Morgan fingerprint density at radius 3 is 2.89 bits per heavy atom. The minimum absolute atomic E-state index is 0.156. The van der Waals surface area contributed by atoms with Crippen LogP contribution >= 0.6 is 0 Å². The highest BCUT2D eigenvalue weighted by Crippen LogP contribution is 2.28. The first kappa shape index (κ1) is 13.8. The topological polar surface area (TPSA) is 66.1 Å². The monoisotopic (exact) mass is 262 g/mol. The Hall–Kier alpha value is -1.62. The highest BCUT2D eigenvalue weighted by molar-refractivity contribution is 5.92. The van der Waals surface area contributed by atoms with Gasteiger partial charge in [-0.2, -0.15) is 0 Å². The lowest BCUT2D eigenvalue weighted by Gasteiger charge is -2.34. The normalized spacial score (nSPS) is 17.8. The van der Waals surface area contributed by atoms with E-state index in [2.05, 4.69) is 27.9 Å². The summed E-state index contributed by atoms with van der Waals surface area (Å²) in [5.41, 5.74) is 1.72. The molecule has 0 unspecified atom stereocenters. The Labute approximate surface area is 114 Å². The van der Waals surface area contributed by atoms with Gasteiger partial charge >= 0.3 is 0 Å². The van der Waals surface area contributed by atoms with Crippen molar-refractivity contribution in [1.29, 1.82) is 0 Å². The molecular weight excluding hydrogens is 240 g/mol. The van der Waals surface area contributed by atoms with Crippen LogP contribution in [0.4, 0.5) is 5.69 Å². The van der Waals surface area contributed by atoms with Gasteiger partial charge in [0.2, 0.25) is 0 Å². The Balaban J connectivity index is 1.97.